The van der Waals surface area contributed by atoms with Crippen molar-refractivity contribution in [2.24, 2.45) is 0 Å². The standard InChI is InChI=1S/C18H19NO6/c1-22-13-7-12(17(14(20)9-13)18(21)25-4)6-5-11-8-16(24-3)19-10-15(11)23-2/h5-10,20H,1-4H3/b6-5+. The number of aromatic hydroxyl groups is 1. The lowest BCUT2D eigenvalue weighted by Crippen LogP contribution is -2.04. The summed E-state index contributed by atoms with van der Waals surface area (Å²) in [6.07, 6.45) is 4.89. The number of aromatic nitrogens is 1. The van der Waals surface area contributed by atoms with E-state index < -0.39 is 5.97 Å². The van der Waals surface area contributed by atoms with Crippen molar-refractivity contribution in [3.05, 3.63) is 41.1 Å². The Balaban J connectivity index is 2.53. The fraction of sp³-hybridized carbons (Fsp3) is 0.222. The van der Waals surface area contributed by atoms with Crippen LogP contribution in [0.2, 0.25) is 0 Å². The first-order valence-corrected chi connectivity index (χ1v) is 7.29. The molecule has 7 heteroatoms. The third-order valence-corrected chi connectivity index (χ3v) is 3.49. The van der Waals surface area contributed by atoms with Gasteiger partial charge in [0.2, 0.25) is 5.88 Å². The number of hydrogen-bond acceptors (Lipinski definition) is 7. The monoisotopic (exact) mass is 345 g/mol. The average Bonchev–Trinajstić information content (AvgIpc) is 2.64. The fourth-order valence-electron chi connectivity index (χ4n) is 2.23. The van der Waals surface area contributed by atoms with E-state index >= 15 is 0 Å². The Morgan fingerprint density at radius 3 is 2.32 bits per heavy atom. The number of pyridine rings is 1. The molecule has 0 radical (unpaired) electrons. The second-order valence-electron chi connectivity index (χ2n) is 4.90. The molecule has 2 rings (SSSR count). The first kappa shape index (κ1) is 18.1. The topological polar surface area (TPSA) is 87.1 Å². The molecule has 0 unspecified atom stereocenters. The molecule has 0 fully saturated rings. The highest BCUT2D eigenvalue weighted by Gasteiger charge is 2.17. The van der Waals surface area contributed by atoms with E-state index in [-0.39, 0.29) is 11.3 Å². The summed E-state index contributed by atoms with van der Waals surface area (Å²) < 4.78 is 20.2. The van der Waals surface area contributed by atoms with E-state index in [9.17, 15) is 9.90 Å². The van der Waals surface area contributed by atoms with E-state index in [1.54, 1.807) is 24.3 Å². The molecule has 0 amide bonds. The molecule has 0 aliphatic rings. The Hall–Kier alpha value is -3.22. The van der Waals surface area contributed by atoms with Crippen molar-refractivity contribution in [1.29, 1.82) is 0 Å². The van der Waals surface area contributed by atoms with Crippen LogP contribution in [0, 0.1) is 0 Å². The molecule has 1 heterocycles. The van der Waals surface area contributed by atoms with E-state index in [0.717, 1.165) is 0 Å². The zero-order valence-corrected chi connectivity index (χ0v) is 14.4. The van der Waals surface area contributed by atoms with Crippen molar-refractivity contribution >= 4 is 18.1 Å². The summed E-state index contributed by atoms with van der Waals surface area (Å²) in [4.78, 5) is 16.0. The molecule has 1 aromatic heterocycles. The quantitative estimate of drug-likeness (QED) is 0.806. The molecule has 25 heavy (non-hydrogen) atoms. The number of ether oxygens (including phenoxy) is 4. The summed E-state index contributed by atoms with van der Waals surface area (Å²) in [5.41, 5.74) is 1.16. The van der Waals surface area contributed by atoms with Gasteiger partial charge >= 0.3 is 5.97 Å². The second-order valence-corrected chi connectivity index (χ2v) is 4.90. The Kier molecular flexibility index (Phi) is 5.84. The zero-order chi connectivity index (χ0) is 18.4. The minimum atomic E-state index is -0.654. The molecule has 132 valence electrons. The highest BCUT2D eigenvalue weighted by molar-refractivity contribution is 5.98. The first-order valence-electron chi connectivity index (χ1n) is 7.29. The third-order valence-electron chi connectivity index (χ3n) is 3.49. The normalized spacial score (nSPS) is 10.6. The number of phenolic OH excluding ortho intramolecular Hbond substituents is 1. The molecule has 7 nitrogen and oxygen atoms in total. The van der Waals surface area contributed by atoms with Crippen LogP contribution in [-0.2, 0) is 4.74 Å². The maximum atomic E-state index is 12.0. The maximum absolute atomic E-state index is 12.0. The minimum absolute atomic E-state index is 0.0412. The van der Waals surface area contributed by atoms with Gasteiger partial charge < -0.3 is 24.1 Å². The SMILES string of the molecule is COC(=O)c1c(O)cc(OC)cc1/C=C/c1cc(OC)ncc1OC. The Labute approximate surface area is 145 Å². The molecule has 0 atom stereocenters. The zero-order valence-electron chi connectivity index (χ0n) is 14.4. The minimum Gasteiger partial charge on any atom is -0.507 e. The van der Waals surface area contributed by atoms with Gasteiger partial charge in [-0.1, -0.05) is 12.2 Å². The fourth-order valence-corrected chi connectivity index (χ4v) is 2.23. The molecule has 0 saturated carbocycles. The van der Waals surface area contributed by atoms with Crippen molar-refractivity contribution in [2.45, 2.75) is 0 Å². The molecule has 1 aromatic carbocycles. The van der Waals surface area contributed by atoms with Crippen molar-refractivity contribution in [1.82, 2.24) is 4.98 Å². The van der Waals surface area contributed by atoms with Gasteiger partial charge in [-0.3, -0.25) is 0 Å². The molecular formula is C18H19NO6. The summed E-state index contributed by atoms with van der Waals surface area (Å²) in [5.74, 6) is 0.471. The van der Waals surface area contributed by atoms with Crippen molar-refractivity contribution in [3.8, 4) is 23.1 Å². The van der Waals surface area contributed by atoms with Crippen molar-refractivity contribution in [2.75, 3.05) is 28.4 Å². The predicted molar refractivity (Wildman–Crippen MR) is 92.3 cm³/mol. The van der Waals surface area contributed by atoms with E-state index in [1.165, 1.54) is 40.7 Å². The third kappa shape index (κ3) is 4.00. The lowest BCUT2D eigenvalue weighted by Gasteiger charge is -2.10. The molecule has 0 spiro atoms. The number of carbonyl (C=O) groups is 1. The smallest absolute Gasteiger partial charge is 0.342 e. The van der Waals surface area contributed by atoms with Crippen LogP contribution >= 0.6 is 0 Å². The number of benzene rings is 1. The van der Waals surface area contributed by atoms with Gasteiger partial charge in [-0.15, -0.1) is 0 Å². The van der Waals surface area contributed by atoms with Gasteiger partial charge in [0, 0.05) is 17.7 Å². The van der Waals surface area contributed by atoms with Crippen LogP contribution in [0.4, 0.5) is 0 Å². The van der Waals surface area contributed by atoms with Crippen LogP contribution < -0.4 is 14.2 Å². The Bertz CT molecular complexity index is 800. The van der Waals surface area contributed by atoms with Crippen molar-refractivity contribution in [3.63, 3.8) is 0 Å². The van der Waals surface area contributed by atoms with Crippen LogP contribution in [0.25, 0.3) is 12.2 Å². The second kappa shape index (κ2) is 8.05. The van der Waals surface area contributed by atoms with Gasteiger partial charge in [0.05, 0.1) is 34.6 Å². The molecule has 1 N–H and O–H groups in total. The summed E-state index contributed by atoms with van der Waals surface area (Å²) in [5, 5.41) is 10.1. The summed E-state index contributed by atoms with van der Waals surface area (Å²) in [7, 11) is 5.75. The number of nitrogens with zero attached hydrogens (tertiary/aromatic N) is 1. The van der Waals surface area contributed by atoms with E-state index in [0.29, 0.717) is 28.5 Å². The average molecular weight is 345 g/mol. The Morgan fingerprint density at radius 2 is 1.72 bits per heavy atom. The molecular weight excluding hydrogens is 326 g/mol. The molecule has 0 bridgehead atoms. The van der Waals surface area contributed by atoms with Gasteiger partial charge in [0.1, 0.15) is 22.8 Å². The molecule has 2 aromatic rings. The largest absolute Gasteiger partial charge is 0.507 e. The van der Waals surface area contributed by atoms with E-state index in [2.05, 4.69) is 4.98 Å². The van der Waals surface area contributed by atoms with Gasteiger partial charge in [0.15, 0.2) is 0 Å². The van der Waals surface area contributed by atoms with E-state index in [1.807, 2.05) is 0 Å². The number of hydrogen-bond donors (Lipinski definition) is 1. The lowest BCUT2D eigenvalue weighted by molar-refractivity contribution is 0.0597. The number of methoxy groups -OCH3 is 4. The van der Waals surface area contributed by atoms with Crippen LogP contribution in [-0.4, -0.2) is 44.5 Å². The number of esters is 1. The lowest BCUT2D eigenvalue weighted by atomic mass is 10.0. The van der Waals surface area contributed by atoms with Crippen LogP contribution in [0.3, 0.4) is 0 Å². The summed E-state index contributed by atoms with van der Waals surface area (Å²) >= 11 is 0. The number of phenols is 1. The van der Waals surface area contributed by atoms with Gasteiger partial charge in [-0.05, 0) is 11.6 Å². The summed E-state index contributed by atoms with van der Waals surface area (Å²) in [6.45, 7) is 0. The van der Waals surface area contributed by atoms with E-state index in [4.69, 9.17) is 18.9 Å². The first-order chi connectivity index (χ1) is 12.0. The molecule has 0 aliphatic carbocycles. The number of carbonyl (C=O) groups excluding carboxylic acids is 1. The summed E-state index contributed by atoms with van der Waals surface area (Å²) in [6, 6.07) is 4.65. The maximum Gasteiger partial charge on any atom is 0.342 e. The highest BCUT2D eigenvalue weighted by atomic mass is 16.5. The van der Waals surface area contributed by atoms with Gasteiger partial charge in [-0.25, -0.2) is 9.78 Å². The van der Waals surface area contributed by atoms with Gasteiger partial charge in [-0.2, -0.15) is 0 Å². The Morgan fingerprint density at radius 1 is 1.00 bits per heavy atom. The molecule has 0 saturated heterocycles. The highest BCUT2D eigenvalue weighted by Crippen LogP contribution is 2.31. The van der Waals surface area contributed by atoms with Crippen LogP contribution in [0.15, 0.2) is 24.4 Å². The van der Waals surface area contributed by atoms with Crippen LogP contribution in [0.5, 0.6) is 23.1 Å². The predicted octanol–water partition coefficient (Wildman–Crippen LogP) is 2.77. The van der Waals surface area contributed by atoms with Crippen LogP contribution in [0.1, 0.15) is 21.5 Å². The van der Waals surface area contributed by atoms with Crippen molar-refractivity contribution < 1.29 is 28.8 Å². The number of rotatable bonds is 6. The molecule has 0 aliphatic heterocycles. The van der Waals surface area contributed by atoms with Gasteiger partial charge in [0.25, 0.3) is 0 Å².